The number of rotatable bonds is 3. The minimum atomic E-state index is -0.464. The molecule has 1 amide bonds. The number of methoxy groups -OCH3 is 1. The highest BCUT2D eigenvalue weighted by Gasteiger charge is 2.22. The molecule has 0 aromatic carbocycles. The first-order valence-electron chi connectivity index (χ1n) is 5.62. The van der Waals surface area contributed by atoms with Crippen LogP contribution < -0.4 is 5.32 Å². The first-order chi connectivity index (χ1) is 9.04. The number of hydrogen-bond acceptors (Lipinski definition) is 4. The molecule has 2 rings (SSSR count). The highest BCUT2D eigenvalue weighted by Crippen LogP contribution is 2.19. The molecule has 0 radical (unpaired) electrons. The predicted octanol–water partition coefficient (Wildman–Crippen LogP) is 1.39. The van der Waals surface area contributed by atoms with Crippen LogP contribution in [0.3, 0.4) is 0 Å². The molecule has 3 N–H and O–H groups in total. The van der Waals surface area contributed by atoms with E-state index in [2.05, 4.69) is 20.5 Å². The summed E-state index contributed by atoms with van der Waals surface area (Å²) >= 11 is 0. The fraction of sp³-hybridized carbons (Fsp3) is 0.250. The second-order valence-corrected chi connectivity index (χ2v) is 4.06. The number of hydrogen-bond donors (Lipinski definition) is 3. The molecule has 2 aromatic heterocycles. The zero-order chi connectivity index (χ0) is 14.0. The van der Waals surface area contributed by atoms with Crippen LogP contribution in [-0.4, -0.2) is 34.2 Å². The zero-order valence-electron chi connectivity index (χ0n) is 10.8. The first-order valence-corrected chi connectivity index (χ1v) is 5.62. The quantitative estimate of drug-likeness (QED) is 0.728. The smallest absolute Gasteiger partial charge is 0.339 e. The summed E-state index contributed by atoms with van der Waals surface area (Å²) in [6.07, 6.45) is 3.05. The van der Waals surface area contributed by atoms with Gasteiger partial charge >= 0.3 is 5.97 Å². The van der Waals surface area contributed by atoms with Gasteiger partial charge in [0.25, 0.3) is 5.91 Å². The molecular weight excluding hydrogens is 248 g/mol. The third-order valence-electron chi connectivity index (χ3n) is 2.81. The Morgan fingerprint density at radius 3 is 2.68 bits per heavy atom. The molecule has 0 aliphatic carbocycles. The van der Waals surface area contributed by atoms with Crippen molar-refractivity contribution in [1.29, 1.82) is 0 Å². The Bertz CT molecular complexity index is 613. The number of carbonyl (C=O) groups is 2. The average Bonchev–Trinajstić information content (AvgIpc) is 2.97. The molecule has 0 fully saturated rings. The van der Waals surface area contributed by atoms with Gasteiger partial charge in [-0.25, -0.2) is 4.79 Å². The van der Waals surface area contributed by atoms with Crippen LogP contribution in [0.15, 0.2) is 12.4 Å². The Labute approximate surface area is 109 Å². The number of aromatic amines is 2. The van der Waals surface area contributed by atoms with Gasteiger partial charge in [-0.05, 0) is 19.4 Å². The third-order valence-corrected chi connectivity index (χ3v) is 2.81. The van der Waals surface area contributed by atoms with Crippen molar-refractivity contribution in [2.75, 3.05) is 12.4 Å². The van der Waals surface area contributed by atoms with Crippen LogP contribution in [0.5, 0.6) is 0 Å². The molecule has 0 atom stereocenters. The monoisotopic (exact) mass is 262 g/mol. The van der Waals surface area contributed by atoms with Gasteiger partial charge in [0, 0.05) is 11.9 Å². The number of esters is 1. The summed E-state index contributed by atoms with van der Waals surface area (Å²) in [6.45, 7) is 3.41. The molecule has 0 bridgehead atoms. The maximum Gasteiger partial charge on any atom is 0.339 e. The van der Waals surface area contributed by atoms with Crippen molar-refractivity contribution in [3.8, 4) is 0 Å². The molecule has 7 heteroatoms. The molecule has 0 aliphatic heterocycles. The van der Waals surface area contributed by atoms with E-state index in [-0.39, 0.29) is 5.91 Å². The minimum absolute atomic E-state index is 0.332. The summed E-state index contributed by atoms with van der Waals surface area (Å²) < 4.78 is 4.69. The summed E-state index contributed by atoms with van der Waals surface area (Å²) in [5.74, 6) is -0.800. The van der Waals surface area contributed by atoms with E-state index in [9.17, 15) is 9.59 Å². The van der Waals surface area contributed by atoms with Gasteiger partial charge < -0.3 is 15.0 Å². The van der Waals surface area contributed by atoms with Crippen molar-refractivity contribution in [3.63, 3.8) is 0 Å². The molecule has 2 aromatic rings. The summed E-state index contributed by atoms with van der Waals surface area (Å²) in [7, 11) is 1.30. The minimum Gasteiger partial charge on any atom is -0.465 e. The van der Waals surface area contributed by atoms with Gasteiger partial charge in [0.1, 0.15) is 5.69 Å². The van der Waals surface area contributed by atoms with E-state index in [4.69, 9.17) is 4.74 Å². The van der Waals surface area contributed by atoms with Gasteiger partial charge in [0.15, 0.2) is 0 Å². The second-order valence-electron chi connectivity index (χ2n) is 4.06. The lowest BCUT2D eigenvalue weighted by atomic mass is 10.1. The van der Waals surface area contributed by atoms with Crippen LogP contribution in [0.2, 0.25) is 0 Å². The van der Waals surface area contributed by atoms with E-state index in [1.807, 2.05) is 0 Å². The number of ether oxygens (including phenoxy) is 1. The van der Waals surface area contributed by atoms with Crippen molar-refractivity contribution in [2.24, 2.45) is 0 Å². The Hall–Kier alpha value is -2.57. The van der Waals surface area contributed by atoms with E-state index in [0.717, 1.165) is 0 Å². The normalized spacial score (nSPS) is 10.3. The maximum atomic E-state index is 12.1. The van der Waals surface area contributed by atoms with Crippen LogP contribution in [0.1, 0.15) is 32.1 Å². The average molecular weight is 262 g/mol. The van der Waals surface area contributed by atoms with Gasteiger partial charge in [-0.1, -0.05) is 0 Å². The molecule has 19 heavy (non-hydrogen) atoms. The summed E-state index contributed by atoms with van der Waals surface area (Å²) in [4.78, 5) is 26.6. The highest BCUT2D eigenvalue weighted by atomic mass is 16.5. The lowest BCUT2D eigenvalue weighted by molar-refractivity contribution is 0.0599. The number of nitrogens with one attached hydrogen (secondary N) is 3. The number of carbonyl (C=O) groups excluding carboxylic acids is 2. The molecule has 0 saturated carbocycles. The lowest BCUT2D eigenvalue weighted by Gasteiger charge is -2.02. The Kier molecular flexibility index (Phi) is 3.37. The molecular formula is C12H14N4O3. The van der Waals surface area contributed by atoms with Crippen molar-refractivity contribution in [3.05, 3.63) is 34.9 Å². The van der Waals surface area contributed by atoms with Gasteiger partial charge in [-0.15, -0.1) is 0 Å². The van der Waals surface area contributed by atoms with Crippen LogP contribution in [0, 0.1) is 13.8 Å². The molecule has 2 heterocycles. The third kappa shape index (κ3) is 2.35. The number of amides is 1. The van der Waals surface area contributed by atoms with E-state index < -0.39 is 5.97 Å². The highest BCUT2D eigenvalue weighted by molar-refractivity contribution is 6.06. The number of aromatic nitrogens is 3. The van der Waals surface area contributed by atoms with Crippen molar-refractivity contribution in [2.45, 2.75) is 13.8 Å². The fourth-order valence-electron chi connectivity index (χ4n) is 1.90. The topological polar surface area (TPSA) is 99.9 Å². The van der Waals surface area contributed by atoms with Crippen LogP contribution in [0.4, 0.5) is 5.69 Å². The first kappa shape index (κ1) is 12.9. The molecule has 0 spiro atoms. The van der Waals surface area contributed by atoms with Crippen LogP contribution in [0.25, 0.3) is 0 Å². The summed E-state index contributed by atoms with van der Waals surface area (Å²) in [5, 5.41) is 8.99. The molecule has 7 nitrogen and oxygen atoms in total. The van der Waals surface area contributed by atoms with Crippen molar-refractivity contribution in [1.82, 2.24) is 15.2 Å². The number of aryl methyl sites for hydroxylation is 1. The van der Waals surface area contributed by atoms with Gasteiger partial charge in [-0.2, -0.15) is 5.10 Å². The van der Waals surface area contributed by atoms with Crippen molar-refractivity contribution >= 4 is 17.6 Å². The molecule has 0 aliphatic rings. The fourth-order valence-corrected chi connectivity index (χ4v) is 1.90. The summed E-state index contributed by atoms with van der Waals surface area (Å²) in [6, 6.07) is 0. The van der Waals surface area contributed by atoms with Gasteiger partial charge in [-0.3, -0.25) is 9.89 Å². The van der Waals surface area contributed by atoms with E-state index in [1.165, 1.54) is 13.3 Å². The summed E-state index contributed by atoms with van der Waals surface area (Å²) in [5.41, 5.74) is 2.43. The number of nitrogens with zero attached hydrogens (tertiary/aromatic N) is 1. The second kappa shape index (κ2) is 4.97. The standard InChI is InChI=1S/C12H14N4O3/c1-6-9(12(18)19-3)7(2)15-10(6)11(17)16-8-4-13-14-5-8/h4-5,15H,1-3H3,(H,13,14)(H,16,17). The van der Waals surface area contributed by atoms with Crippen LogP contribution in [-0.2, 0) is 4.74 Å². The predicted molar refractivity (Wildman–Crippen MR) is 68.1 cm³/mol. The number of H-pyrrole nitrogens is 2. The van der Waals surface area contributed by atoms with Crippen molar-refractivity contribution < 1.29 is 14.3 Å². The largest absolute Gasteiger partial charge is 0.465 e. The van der Waals surface area contributed by atoms with Gasteiger partial charge in [0.2, 0.25) is 0 Å². The molecule has 0 unspecified atom stereocenters. The van der Waals surface area contributed by atoms with Crippen LogP contribution >= 0.6 is 0 Å². The van der Waals surface area contributed by atoms with E-state index in [1.54, 1.807) is 20.0 Å². The Morgan fingerprint density at radius 1 is 1.37 bits per heavy atom. The lowest BCUT2D eigenvalue weighted by Crippen LogP contribution is -2.13. The maximum absolute atomic E-state index is 12.1. The van der Waals surface area contributed by atoms with Gasteiger partial charge in [0.05, 0.1) is 24.6 Å². The Morgan fingerprint density at radius 2 is 2.11 bits per heavy atom. The molecule has 0 saturated heterocycles. The Balaban J connectivity index is 2.31. The molecule has 100 valence electrons. The SMILES string of the molecule is COC(=O)c1c(C)[nH]c(C(=O)Nc2cn[nH]c2)c1C. The zero-order valence-corrected chi connectivity index (χ0v) is 10.8. The van der Waals surface area contributed by atoms with E-state index >= 15 is 0 Å². The number of anilines is 1. The van der Waals surface area contributed by atoms with E-state index in [0.29, 0.717) is 28.2 Å².